The summed E-state index contributed by atoms with van der Waals surface area (Å²) in [6.45, 7) is 10.4. The molecule has 0 aliphatic heterocycles. The minimum Gasteiger partial charge on any atom is -0.149 e. The second-order valence-corrected chi connectivity index (χ2v) is 9.74. The molecule has 146 valence electrons. The van der Waals surface area contributed by atoms with Crippen molar-refractivity contribution in [3.8, 4) is 0 Å². The van der Waals surface area contributed by atoms with Crippen LogP contribution in [0, 0.1) is 20.8 Å². The van der Waals surface area contributed by atoms with Crippen LogP contribution in [0.3, 0.4) is 0 Å². The van der Waals surface area contributed by atoms with Crippen LogP contribution < -0.4 is 0 Å². The van der Waals surface area contributed by atoms with E-state index in [0.29, 0.717) is 0 Å². The van der Waals surface area contributed by atoms with Crippen LogP contribution in [-0.4, -0.2) is 0 Å². The van der Waals surface area contributed by atoms with Crippen molar-refractivity contribution in [3.63, 3.8) is 0 Å². The van der Waals surface area contributed by atoms with Crippen LogP contribution in [-0.2, 0) is 0 Å². The molecule has 0 unspecified atom stereocenters. The first kappa shape index (κ1) is 22.4. The highest BCUT2D eigenvalue weighted by molar-refractivity contribution is 7.19. The van der Waals surface area contributed by atoms with Crippen molar-refractivity contribution in [2.45, 2.75) is 34.6 Å². The normalized spacial score (nSPS) is 9.61. The van der Waals surface area contributed by atoms with Gasteiger partial charge in [-0.3, -0.25) is 0 Å². The van der Waals surface area contributed by atoms with Crippen molar-refractivity contribution in [2.75, 3.05) is 0 Å². The Kier molecular flexibility index (Phi) is 9.42. The number of hydrogen-bond donors (Lipinski definition) is 0. The molecule has 3 heteroatoms. The Balaban J connectivity index is 0.000000148. The van der Waals surface area contributed by atoms with Gasteiger partial charge >= 0.3 is 0 Å². The number of benzene rings is 2. The Morgan fingerprint density at radius 3 is 1.32 bits per heavy atom. The molecule has 0 saturated carbocycles. The third kappa shape index (κ3) is 6.90. The summed E-state index contributed by atoms with van der Waals surface area (Å²) in [5.41, 5.74) is 0. The Morgan fingerprint density at radius 2 is 1.00 bits per heavy atom. The van der Waals surface area contributed by atoms with Crippen LogP contribution in [0.2, 0.25) is 0 Å². The van der Waals surface area contributed by atoms with Gasteiger partial charge in [0.15, 0.2) is 0 Å². The highest BCUT2D eigenvalue weighted by Crippen LogP contribution is 2.24. The number of thiophene rings is 3. The zero-order valence-corrected chi connectivity index (χ0v) is 19.7. The predicted molar refractivity (Wildman–Crippen MR) is 134 cm³/mol. The van der Waals surface area contributed by atoms with Crippen LogP contribution in [0.5, 0.6) is 0 Å². The summed E-state index contributed by atoms with van der Waals surface area (Å²) < 4.78 is 2.78. The topological polar surface area (TPSA) is 0 Å². The lowest BCUT2D eigenvalue weighted by Gasteiger charge is -1.82. The molecule has 3 aromatic heterocycles. The fraction of sp³-hybridized carbons (Fsp3) is 0.200. The van der Waals surface area contributed by atoms with Gasteiger partial charge in [0.1, 0.15) is 0 Å². The molecule has 5 aromatic rings. The first-order valence-electron chi connectivity index (χ1n) is 9.52. The Labute approximate surface area is 181 Å². The first-order valence-corrected chi connectivity index (χ1v) is 12.0. The van der Waals surface area contributed by atoms with Gasteiger partial charge in [0.2, 0.25) is 0 Å². The number of rotatable bonds is 0. The average molecular weight is 425 g/mol. The zero-order valence-electron chi connectivity index (χ0n) is 17.2. The minimum absolute atomic E-state index is 1.37. The van der Waals surface area contributed by atoms with Crippen molar-refractivity contribution in [2.24, 2.45) is 0 Å². The first-order chi connectivity index (χ1) is 13.6. The van der Waals surface area contributed by atoms with Crippen molar-refractivity contribution in [1.82, 2.24) is 0 Å². The molecule has 0 saturated heterocycles. The van der Waals surface area contributed by atoms with E-state index in [1.165, 1.54) is 34.8 Å². The van der Waals surface area contributed by atoms with Crippen molar-refractivity contribution in [3.05, 3.63) is 92.8 Å². The second-order valence-electron chi connectivity index (χ2n) is 6.01. The fourth-order valence-electron chi connectivity index (χ4n) is 2.59. The van der Waals surface area contributed by atoms with E-state index in [1.54, 1.807) is 11.3 Å². The molecule has 28 heavy (non-hydrogen) atoms. The Hall–Kier alpha value is -1.94. The van der Waals surface area contributed by atoms with Crippen molar-refractivity contribution < 1.29 is 0 Å². The summed E-state index contributed by atoms with van der Waals surface area (Å²) in [6, 6.07) is 25.5. The molecule has 5 rings (SSSR count). The molecule has 0 amide bonds. The lowest BCUT2D eigenvalue weighted by molar-refractivity contribution is 1.50. The van der Waals surface area contributed by atoms with E-state index in [4.69, 9.17) is 0 Å². The third-order valence-electron chi connectivity index (χ3n) is 3.76. The molecule has 0 N–H and O–H groups in total. The quantitative estimate of drug-likeness (QED) is 0.232. The van der Waals surface area contributed by atoms with Gasteiger partial charge in [0, 0.05) is 24.0 Å². The SMILES string of the molecule is CC.Cc1cc2ccccc2s1.Cc1cc2ccccc2s1.Cc1cccs1. The molecule has 3 heterocycles. The maximum atomic E-state index is 2.22. The Morgan fingerprint density at radius 1 is 0.536 bits per heavy atom. The molecular formula is C25H28S3. The molecule has 0 bridgehead atoms. The molecule has 2 aromatic carbocycles. The van der Waals surface area contributed by atoms with E-state index in [1.807, 2.05) is 36.5 Å². The highest BCUT2D eigenvalue weighted by atomic mass is 32.1. The second kappa shape index (κ2) is 11.8. The largest absolute Gasteiger partial charge is 0.149 e. The number of fused-ring (bicyclic) bond motifs is 2. The van der Waals surface area contributed by atoms with Gasteiger partial charge in [-0.2, -0.15) is 0 Å². The number of hydrogen-bond acceptors (Lipinski definition) is 3. The van der Waals surface area contributed by atoms with E-state index < -0.39 is 0 Å². The standard InChI is InChI=1S/2C9H8S.C5H6S.C2H6/c2*1-7-6-8-4-2-3-5-9(8)10-7;1-5-3-2-4-6-5;1-2/h2*2-6H,1H3;2-4H,1H3;1-2H3. The predicted octanol–water partition coefficient (Wildman–Crippen LogP) is 9.50. The van der Waals surface area contributed by atoms with Gasteiger partial charge in [-0.05, 0) is 67.3 Å². The maximum absolute atomic E-state index is 2.22. The van der Waals surface area contributed by atoms with Gasteiger partial charge < -0.3 is 0 Å². The zero-order chi connectivity index (χ0) is 20.4. The van der Waals surface area contributed by atoms with Crippen LogP contribution in [0.25, 0.3) is 20.2 Å². The van der Waals surface area contributed by atoms with E-state index in [9.17, 15) is 0 Å². The van der Waals surface area contributed by atoms with Crippen LogP contribution >= 0.6 is 34.0 Å². The van der Waals surface area contributed by atoms with Gasteiger partial charge in [-0.1, -0.05) is 56.3 Å². The lowest BCUT2D eigenvalue weighted by Crippen LogP contribution is -1.56. The van der Waals surface area contributed by atoms with E-state index >= 15 is 0 Å². The fourth-order valence-corrected chi connectivity index (χ4v) is 4.97. The van der Waals surface area contributed by atoms with Gasteiger partial charge in [-0.15, -0.1) is 34.0 Å². The molecule has 0 aliphatic carbocycles. The van der Waals surface area contributed by atoms with Crippen LogP contribution in [0.15, 0.2) is 78.2 Å². The van der Waals surface area contributed by atoms with Crippen molar-refractivity contribution >= 4 is 54.2 Å². The molecule has 0 spiro atoms. The summed E-state index contributed by atoms with van der Waals surface area (Å²) >= 11 is 5.48. The lowest BCUT2D eigenvalue weighted by atomic mass is 10.2. The summed E-state index contributed by atoms with van der Waals surface area (Å²) in [5, 5.41) is 4.81. The number of aryl methyl sites for hydroxylation is 3. The van der Waals surface area contributed by atoms with E-state index in [0.717, 1.165) is 0 Å². The summed E-state index contributed by atoms with van der Waals surface area (Å²) in [5.74, 6) is 0. The van der Waals surface area contributed by atoms with Crippen LogP contribution in [0.4, 0.5) is 0 Å². The van der Waals surface area contributed by atoms with E-state index in [2.05, 4.69) is 98.9 Å². The highest BCUT2D eigenvalue weighted by Gasteiger charge is 1.94. The monoisotopic (exact) mass is 424 g/mol. The minimum atomic E-state index is 1.37. The summed E-state index contributed by atoms with van der Waals surface area (Å²) in [6.07, 6.45) is 0. The molecule has 0 fully saturated rings. The molecule has 0 aliphatic rings. The maximum Gasteiger partial charge on any atom is 0.0345 e. The Bertz CT molecular complexity index is 927. The summed E-state index contributed by atoms with van der Waals surface area (Å²) in [4.78, 5) is 4.16. The smallest absolute Gasteiger partial charge is 0.0345 e. The molecule has 0 atom stereocenters. The van der Waals surface area contributed by atoms with Crippen molar-refractivity contribution in [1.29, 1.82) is 0 Å². The van der Waals surface area contributed by atoms with Gasteiger partial charge in [0.05, 0.1) is 0 Å². The molecule has 0 nitrogen and oxygen atoms in total. The third-order valence-corrected chi connectivity index (χ3v) is 6.63. The average Bonchev–Trinajstić information content (AvgIpc) is 3.42. The van der Waals surface area contributed by atoms with E-state index in [-0.39, 0.29) is 0 Å². The molecular weight excluding hydrogens is 396 g/mol. The van der Waals surface area contributed by atoms with Gasteiger partial charge in [-0.25, -0.2) is 0 Å². The van der Waals surface area contributed by atoms with Gasteiger partial charge in [0.25, 0.3) is 0 Å². The van der Waals surface area contributed by atoms with Crippen LogP contribution in [0.1, 0.15) is 28.5 Å². The molecule has 0 radical (unpaired) electrons. The summed E-state index contributed by atoms with van der Waals surface area (Å²) in [7, 11) is 0.